The number of rotatable bonds is 7. The first-order valence-corrected chi connectivity index (χ1v) is 8.92. The number of nitrogens with one attached hydrogen (secondary N) is 1. The maximum Gasteiger partial charge on any atom is 0.359 e. The Bertz CT molecular complexity index is 873. The molecule has 1 N–H and O–H groups in total. The summed E-state index contributed by atoms with van der Waals surface area (Å²) in [5.41, 5.74) is 1.22. The Morgan fingerprint density at radius 2 is 1.80 bits per heavy atom. The summed E-state index contributed by atoms with van der Waals surface area (Å²) in [5, 5.41) is 3.79. The molecule has 0 atom stereocenters. The van der Waals surface area contributed by atoms with Crippen molar-refractivity contribution in [2.75, 3.05) is 6.61 Å². The van der Waals surface area contributed by atoms with Crippen molar-refractivity contribution < 1.29 is 17.9 Å². The number of hydrazone groups is 1. The van der Waals surface area contributed by atoms with Crippen LogP contribution in [0, 0.1) is 6.92 Å². The normalized spacial score (nSPS) is 11.6. The van der Waals surface area contributed by atoms with Crippen LogP contribution in [0.25, 0.3) is 0 Å². The van der Waals surface area contributed by atoms with Crippen LogP contribution in [-0.4, -0.2) is 26.7 Å². The highest BCUT2D eigenvalue weighted by Crippen LogP contribution is 2.10. The van der Waals surface area contributed by atoms with E-state index in [9.17, 15) is 13.2 Å². The highest BCUT2D eigenvalue weighted by molar-refractivity contribution is 7.89. The van der Waals surface area contributed by atoms with E-state index >= 15 is 0 Å². The van der Waals surface area contributed by atoms with Crippen molar-refractivity contribution in [1.29, 1.82) is 0 Å². The van der Waals surface area contributed by atoms with Gasteiger partial charge in [0.2, 0.25) is 0 Å². The monoisotopic (exact) mass is 358 g/mol. The van der Waals surface area contributed by atoms with Gasteiger partial charge >= 0.3 is 5.97 Å². The average Bonchev–Trinajstić information content (AvgIpc) is 2.61. The van der Waals surface area contributed by atoms with Crippen LogP contribution in [0.5, 0.6) is 0 Å². The van der Waals surface area contributed by atoms with Crippen molar-refractivity contribution in [3.05, 3.63) is 78.4 Å². The molecule has 0 amide bonds. The van der Waals surface area contributed by atoms with Gasteiger partial charge in [-0.25, -0.2) is 4.79 Å². The number of hydrogen-bond donors (Lipinski definition) is 1. The fourth-order valence-electron chi connectivity index (χ4n) is 1.90. The number of ether oxygens (including phenoxy) is 1. The zero-order chi connectivity index (χ0) is 18.3. The maximum atomic E-state index is 12.3. The van der Waals surface area contributed by atoms with Gasteiger partial charge in [-0.3, -0.25) is 0 Å². The number of benzene rings is 2. The van der Waals surface area contributed by atoms with Crippen LogP contribution < -0.4 is 4.83 Å². The van der Waals surface area contributed by atoms with Gasteiger partial charge in [-0.15, -0.1) is 0 Å². The third kappa shape index (κ3) is 5.02. The minimum atomic E-state index is -3.90. The second-order valence-electron chi connectivity index (χ2n) is 5.12. The summed E-state index contributed by atoms with van der Waals surface area (Å²) in [6.07, 6.45) is 1.41. The summed E-state index contributed by atoms with van der Waals surface area (Å²) >= 11 is 0. The molecule has 25 heavy (non-hydrogen) atoms. The van der Waals surface area contributed by atoms with Gasteiger partial charge < -0.3 is 4.74 Å². The van der Waals surface area contributed by atoms with E-state index in [4.69, 9.17) is 4.74 Å². The summed E-state index contributed by atoms with van der Waals surface area (Å²) in [6.45, 7) is 5.32. The van der Waals surface area contributed by atoms with Crippen LogP contribution >= 0.6 is 0 Å². The molecule has 0 heterocycles. The molecule has 0 bridgehead atoms. The van der Waals surface area contributed by atoms with Crippen molar-refractivity contribution in [2.24, 2.45) is 5.10 Å². The summed E-state index contributed by atoms with van der Waals surface area (Å²) in [4.78, 5) is 14.3. The Balaban J connectivity index is 2.32. The first-order valence-electron chi connectivity index (χ1n) is 7.43. The molecule has 0 saturated heterocycles. The molecule has 0 aliphatic heterocycles. The second-order valence-corrected chi connectivity index (χ2v) is 6.78. The SMILES string of the molecule is C=CCOC(=O)/C(=N\NS(=O)(=O)c1ccc(C)cc1)c1ccccc1. The standard InChI is InChI=1S/C18H18N2O4S/c1-3-13-24-18(21)17(15-7-5-4-6-8-15)19-20-25(22,23)16-11-9-14(2)10-12-16/h3-12,20H,1,13H2,2H3/b19-17-. The van der Waals surface area contributed by atoms with Crippen LogP contribution in [0.1, 0.15) is 11.1 Å². The van der Waals surface area contributed by atoms with Crippen LogP contribution in [0.15, 0.2) is 77.2 Å². The molecule has 0 aliphatic rings. The Morgan fingerprint density at radius 1 is 1.16 bits per heavy atom. The molecular formula is C18H18N2O4S. The lowest BCUT2D eigenvalue weighted by Crippen LogP contribution is -2.26. The van der Waals surface area contributed by atoms with E-state index < -0.39 is 16.0 Å². The quantitative estimate of drug-likeness (QED) is 0.356. The van der Waals surface area contributed by atoms with Crippen molar-refractivity contribution >= 4 is 21.7 Å². The summed E-state index contributed by atoms with van der Waals surface area (Å²) in [7, 11) is -3.90. The number of aryl methyl sites for hydroxylation is 1. The molecular weight excluding hydrogens is 340 g/mol. The molecule has 0 aliphatic carbocycles. The van der Waals surface area contributed by atoms with E-state index in [1.807, 2.05) is 6.92 Å². The lowest BCUT2D eigenvalue weighted by atomic mass is 10.1. The van der Waals surface area contributed by atoms with Crippen molar-refractivity contribution in [2.45, 2.75) is 11.8 Å². The van der Waals surface area contributed by atoms with Crippen LogP contribution in [0.3, 0.4) is 0 Å². The Hall–Kier alpha value is -2.93. The molecule has 2 rings (SSSR count). The van der Waals surface area contributed by atoms with Gasteiger partial charge in [-0.05, 0) is 19.1 Å². The van der Waals surface area contributed by atoms with Crippen molar-refractivity contribution in [1.82, 2.24) is 4.83 Å². The zero-order valence-corrected chi connectivity index (χ0v) is 14.5. The number of sulfonamides is 1. The van der Waals surface area contributed by atoms with E-state index in [1.54, 1.807) is 42.5 Å². The molecule has 2 aromatic rings. The lowest BCUT2D eigenvalue weighted by molar-refractivity contribution is -0.134. The van der Waals surface area contributed by atoms with Gasteiger partial charge in [-0.2, -0.15) is 18.4 Å². The molecule has 0 aromatic heterocycles. The minimum Gasteiger partial charge on any atom is -0.457 e. The summed E-state index contributed by atoms with van der Waals surface area (Å²) in [6, 6.07) is 14.7. The first-order chi connectivity index (χ1) is 11.9. The fourth-order valence-corrected chi connectivity index (χ4v) is 2.71. The van der Waals surface area contributed by atoms with Crippen molar-refractivity contribution in [3.63, 3.8) is 0 Å². The lowest BCUT2D eigenvalue weighted by Gasteiger charge is -2.08. The largest absolute Gasteiger partial charge is 0.457 e. The number of esters is 1. The molecule has 0 radical (unpaired) electrons. The molecule has 0 fully saturated rings. The van der Waals surface area contributed by atoms with Gasteiger partial charge in [0.15, 0.2) is 5.71 Å². The minimum absolute atomic E-state index is 0.00456. The molecule has 2 aromatic carbocycles. The molecule has 130 valence electrons. The van der Waals surface area contributed by atoms with Crippen LogP contribution in [0.2, 0.25) is 0 Å². The number of nitrogens with zero attached hydrogens (tertiary/aromatic N) is 1. The van der Waals surface area contributed by atoms with Crippen LogP contribution in [0.4, 0.5) is 0 Å². The van der Waals surface area contributed by atoms with E-state index in [1.165, 1.54) is 18.2 Å². The van der Waals surface area contributed by atoms with Gasteiger partial charge in [-0.1, -0.05) is 60.7 Å². The number of carbonyl (C=O) groups is 1. The third-order valence-corrected chi connectivity index (χ3v) is 4.41. The first kappa shape index (κ1) is 18.4. The van der Waals surface area contributed by atoms with Gasteiger partial charge in [0.05, 0.1) is 4.90 Å². The summed E-state index contributed by atoms with van der Waals surface area (Å²) < 4.78 is 29.6. The van der Waals surface area contributed by atoms with E-state index in [0.29, 0.717) is 5.56 Å². The fraction of sp³-hybridized carbons (Fsp3) is 0.111. The zero-order valence-electron chi connectivity index (χ0n) is 13.7. The van der Waals surface area contributed by atoms with E-state index in [2.05, 4.69) is 16.5 Å². The van der Waals surface area contributed by atoms with E-state index in [0.717, 1.165) is 5.56 Å². The van der Waals surface area contributed by atoms with Gasteiger partial charge in [0, 0.05) is 5.56 Å². The van der Waals surface area contributed by atoms with Crippen molar-refractivity contribution in [3.8, 4) is 0 Å². The molecule has 0 unspecified atom stereocenters. The van der Waals surface area contributed by atoms with Gasteiger partial charge in [0.1, 0.15) is 6.61 Å². The number of carbonyl (C=O) groups excluding carboxylic acids is 1. The number of hydrogen-bond acceptors (Lipinski definition) is 5. The summed E-state index contributed by atoms with van der Waals surface area (Å²) in [5.74, 6) is -0.752. The average molecular weight is 358 g/mol. The van der Waals surface area contributed by atoms with Gasteiger partial charge in [0.25, 0.3) is 10.0 Å². The highest BCUT2D eigenvalue weighted by atomic mass is 32.2. The van der Waals surface area contributed by atoms with E-state index in [-0.39, 0.29) is 17.2 Å². The molecule has 7 heteroatoms. The third-order valence-electron chi connectivity index (χ3n) is 3.18. The topological polar surface area (TPSA) is 84.8 Å². The second kappa shape index (κ2) is 8.25. The molecule has 0 spiro atoms. The maximum absolute atomic E-state index is 12.3. The Morgan fingerprint density at radius 3 is 2.40 bits per heavy atom. The Kier molecular flexibility index (Phi) is 6.08. The Labute approximate surface area is 146 Å². The predicted octanol–water partition coefficient (Wildman–Crippen LogP) is 2.41. The predicted molar refractivity (Wildman–Crippen MR) is 95.6 cm³/mol. The van der Waals surface area contributed by atoms with Crippen LogP contribution in [-0.2, 0) is 19.6 Å². The highest BCUT2D eigenvalue weighted by Gasteiger charge is 2.18. The molecule has 0 saturated carbocycles. The molecule has 6 nitrogen and oxygen atoms in total. The smallest absolute Gasteiger partial charge is 0.359 e.